The molecule has 0 amide bonds. The van der Waals surface area contributed by atoms with Crippen LogP contribution in [0.2, 0.25) is 0 Å². The molecule has 15 heavy (non-hydrogen) atoms. The minimum absolute atomic E-state index is 0.212. The van der Waals surface area contributed by atoms with Gasteiger partial charge >= 0.3 is 18.3 Å². The van der Waals surface area contributed by atoms with Gasteiger partial charge in [0.2, 0.25) is 0 Å². The quantitative estimate of drug-likeness (QED) is 0.676. The summed E-state index contributed by atoms with van der Waals surface area (Å²) in [4.78, 5) is 10.6. The van der Waals surface area contributed by atoms with E-state index in [2.05, 4.69) is 0 Å². The summed E-state index contributed by atoms with van der Waals surface area (Å²) >= 11 is 0. The highest BCUT2D eigenvalue weighted by Gasteiger charge is 2.43. The first-order chi connectivity index (χ1) is 6.84. The Kier molecular flexibility index (Phi) is 3.54. The van der Waals surface area contributed by atoms with Crippen LogP contribution >= 0.6 is 0 Å². The molecule has 0 saturated heterocycles. The highest BCUT2D eigenvalue weighted by atomic mass is 19.3. The zero-order chi connectivity index (χ0) is 11.6. The molecule has 0 bridgehead atoms. The fourth-order valence-electron chi connectivity index (χ4n) is 1.21. The second-order valence-corrected chi connectivity index (χ2v) is 3.60. The average Bonchev–Trinajstić information content (AvgIpc) is 2.87. The molecule has 0 spiro atoms. The van der Waals surface area contributed by atoms with Crippen LogP contribution in [0.3, 0.4) is 0 Å². The summed E-state index contributed by atoms with van der Waals surface area (Å²) in [6, 6.07) is -1.14. The molecule has 0 radical (unpaired) electrons. The van der Waals surface area contributed by atoms with Crippen molar-refractivity contribution in [2.75, 3.05) is 6.54 Å². The third kappa shape index (κ3) is 3.33. The summed E-state index contributed by atoms with van der Waals surface area (Å²) in [6.45, 7) is -1.31. The summed E-state index contributed by atoms with van der Waals surface area (Å²) in [5.74, 6) is -5.67. The van der Waals surface area contributed by atoms with Crippen LogP contribution < -0.4 is 5.32 Å². The first kappa shape index (κ1) is 12.2. The SMILES string of the molecule is O=C(O)C(NCC(F)(F)C(F)F)C1CC1. The van der Waals surface area contributed by atoms with Crippen molar-refractivity contribution in [1.82, 2.24) is 5.32 Å². The van der Waals surface area contributed by atoms with E-state index in [4.69, 9.17) is 5.11 Å². The van der Waals surface area contributed by atoms with E-state index in [1.165, 1.54) is 0 Å². The van der Waals surface area contributed by atoms with E-state index in [9.17, 15) is 22.4 Å². The second kappa shape index (κ2) is 4.34. The largest absolute Gasteiger partial charge is 0.480 e. The van der Waals surface area contributed by atoms with E-state index in [-0.39, 0.29) is 5.92 Å². The van der Waals surface area contributed by atoms with Gasteiger partial charge in [0.25, 0.3) is 0 Å². The van der Waals surface area contributed by atoms with Crippen molar-refractivity contribution < 1.29 is 27.5 Å². The molecule has 0 heterocycles. The molecule has 7 heteroatoms. The average molecular weight is 229 g/mol. The number of aliphatic carboxylic acids is 1. The van der Waals surface area contributed by atoms with E-state index in [1.54, 1.807) is 0 Å². The highest BCUT2D eigenvalue weighted by Crippen LogP contribution is 2.33. The first-order valence-electron chi connectivity index (χ1n) is 4.47. The number of nitrogens with one attached hydrogen (secondary N) is 1. The Bertz CT molecular complexity index is 243. The minimum atomic E-state index is -4.18. The Morgan fingerprint density at radius 2 is 2.00 bits per heavy atom. The number of carboxylic acid groups (broad SMARTS) is 1. The topological polar surface area (TPSA) is 49.3 Å². The maximum atomic E-state index is 12.4. The monoisotopic (exact) mass is 229 g/mol. The summed E-state index contributed by atoms with van der Waals surface area (Å²) in [5.41, 5.74) is 0. The first-order valence-corrected chi connectivity index (χ1v) is 4.47. The molecule has 88 valence electrons. The fraction of sp³-hybridized carbons (Fsp3) is 0.875. The Morgan fingerprint density at radius 3 is 2.33 bits per heavy atom. The molecule has 1 saturated carbocycles. The van der Waals surface area contributed by atoms with Crippen molar-refractivity contribution in [2.45, 2.75) is 31.2 Å². The minimum Gasteiger partial charge on any atom is -0.480 e. The molecule has 0 aromatic rings. The molecule has 1 aliphatic carbocycles. The smallest absolute Gasteiger partial charge is 0.320 e. The third-order valence-corrected chi connectivity index (χ3v) is 2.24. The van der Waals surface area contributed by atoms with Gasteiger partial charge in [0, 0.05) is 0 Å². The van der Waals surface area contributed by atoms with E-state index in [1.807, 2.05) is 5.32 Å². The number of rotatable bonds is 6. The molecule has 1 aliphatic rings. The van der Waals surface area contributed by atoms with Gasteiger partial charge < -0.3 is 5.11 Å². The molecule has 0 aromatic carbocycles. The van der Waals surface area contributed by atoms with Crippen molar-refractivity contribution in [1.29, 1.82) is 0 Å². The maximum Gasteiger partial charge on any atom is 0.320 e. The summed E-state index contributed by atoms with van der Waals surface area (Å²) in [6.07, 6.45) is -2.52. The zero-order valence-corrected chi connectivity index (χ0v) is 7.72. The molecule has 1 atom stereocenters. The number of carboxylic acids is 1. The van der Waals surface area contributed by atoms with Crippen LogP contribution in [0.5, 0.6) is 0 Å². The Morgan fingerprint density at radius 1 is 1.47 bits per heavy atom. The lowest BCUT2D eigenvalue weighted by atomic mass is 10.2. The van der Waals surface area contributed by atoms with Crippen molar-refractivity contribution >= 4 is 5.97 Å². The molecule has 1 fully saturated rings. The summed E-state index contributed by atoms with van der Waals surface area (Å²) in [5, 5.41) is 10.6. The normalized spacial score (nSPS) is 19.3. The van der Waals surface area contributed by atoms with Gasteiger partial charge in [-0.2, -0.15) is 8.78 Å². The lowest BCUT2D eigenvalue weighted by Crippen LogP contribution is -2.47. The lowest BCUT2D eigenvalue weighted by Gasteiger charge is -2.19. The zero-order valence-electron chi connectivity index (χ0n) is 7.72. The fourth-order valence-corrected chi connectivity index (χ4v) is 1.21. The number of carbonyl (C=O) groups is 1. The van der Waals surface area contributed by atoms with E-state index >= 15 is 0 Å². The predicted molar refractivity (Wildman–Crippen MR) is 43.1 cm³/mol. The van der Waals surface area contributed by atoms with Crippen LogP contribution in [0.15, 0.2) is 0 Å². The van der Waals surface area contributed by atoms with Gasteiger partial charge in [0.15, 0.2) is 0 Å². The van der Waals surface area contributed by atoms with Gasteiger partial charge in [-0.1, -0.05) is 0 Å². The van der Waals surface area contributed by atoms with Gasteiger partial charge in [-0.25, -0.2) is 8.78 Å². The number of hydrogen-bond acceptors (Lipinski definition) is 2. The lowest BCUT2D eigenvalue weighted by molar-refractivity contribution is -0.143. The van der Waals surface area contributed by atoms with Gasteiger partial charge in [0.1, 0.15) is 6.04 Å². The van der Waals surface area contributed by atoms with Crippen LogP contribution in [0.4, 0.5) is 17.6 Å². The second-order valence-electron chi connectivity index (χ2n) is 3.60. The van der Waals surface area contributed by atoms with E-state index < -0.39 is 30.9 Å². The molecule has 0 aromatic heterocycles. The third-order valence-electron chi connectivity index (χ3n) is 2.24. The van der Waals surface area contributed by atoms with Crippen LogP contribution in [0.25, 0.3) is 0 Å². The van der Waals surface area contributed by atoms with Crippen molar-refractivity contribution in [3.63, 3.8) is 0 Å². The maximum absolute atomic E-state index is 12.4. The Hall–Kier alpha value is -0.850. The van der Waals surface area contributed by atoms with E-state index in [0.717, 1.165) is 0 Å². The van der Waals surface area contributed by atoms with Gasteiger partial charge in [-0.15, -0.1) is 0 Å². The van der Waals surface area contributed by atoms with Crippen molar-refractivity contribution in [3.05, 3.63) is 0 Å². The Labute approximate surface area is 83.5 Å². The van der Waals surface area contributed by atoms with Crippen molar-refractivity contribution in [3.8, 4) is 0 Å². The van der Waals surface area contributed by atoms with Crippen molar-refractivity contribution in [2.24, 2.45) is 5.92 Å². The number of halogens is 4. The van der Waals surface area contributed by atoms with Gasteiger partial charge in [-0.05, 0) is 18.8 Å². The number of hydrogen-bond donors (Lipinski definition) is 2. The standard InChI is InChI=1S/C8H11F4NO2/c9-7(10)8(11,12)3-13-5(6(14)15)4-1-2-4/h4-5,7,13H,1-3H2,(H,14,15). The number of alkyl halides is 4. The summed E-state index contributed by atoms with van der Waals surface area (Å²) < 4.78 is 48.4. The molecule has 1 unspecified atom stereocenters. The Balaban J connectivity index is 2.43. The molecule has 2 N–H and O–H groups in total. The molecule has 1 rings (SSSR count). The molecular weight excluding hydrogens is 218 g/mol. The van der Waals surface area contributed by atoms with E-state index in [0.29, 0.717) is 12.8 Å². The molecule has 3 nitrogen and oxygen atoms in total. The summed E-state index contributed by atoms with van der Waals surface area (Å²) in [7, 11) is 0. The highest BCUT2D eigenvalue weighted by molar-refractivity contribution is 5.74. The van der Waals surface area contributed by atoms with Crippen LogP contribution in [0, 0.1) is 5.92 Å². The molecule has 0 aliphatic heterocycles. The van der Waals surface area contributed by atoms with Crippen LogP contribution in [0.1, 0.15) is 12.8 Å². The predicted octanol–water partition coefficient (Wildman–Crippen LogP) is 1.34. The van der Waals surface area contributed by atoms with Gasteiger partial charge in [0.05, 0.1) is 6.54 Å². The van der Waals surface area contributed by atoms with Crippen LogP contribution in [-0.4, -0.2) is 36.0 Å². The van der Waals surface area contributed by atoms with Crippen LogP contribution in [-0.2, 0) is 4.79 Å². The van der Waals surface area contributed by atoms with Gasteiger partial charge in [-0.3, -0.25) is 10.1 Å². The molecular formula is C8H11F4NO2.